The summed E-state index contributed by atoms with van der Waals surface area (Å²) >= 11 is 5.85. The second-order valence-electron chi connectivity index (χ2n) is 5.39. The predicted molar refractivity (Wildman–Crippen MR) is 72.6 cm³/mol. The molecule has 4 heteroatoms. The lowest BCUT2D eigenvalue weighted by atomic mass is 10.0. The summed E-state index contributed by atoms with van der Waals surface area (Å²) in [5.74, 6) is 1.48. The van der Waals surface area contributed by atoms with Gasteiger partial charge in [-0.15, -0.1) is 0 Å². The number of hydrogen-bond acceptors (Lipinski definition) is 2. The number of rotatable bonds is 1. The number of anilines is 1. The van der Waals surface area contributed by atoms with Crippen molar-refractivity contribution in [2.24, 2.45) is 11.8 Å². The lowest BCUT2D eigenvalue weighted by Crippen LogP contribution is -2.30. The van der Waals surface area contributed by atoms with Gasteiger partial charge in [0.05, 0.1) is 5.56 Å². The molecular weight excluding hydrogens is 248 g/mol. The van der Waals surface area contributed by atoms with E-state index in [0.29, 0.717) is 28.1 Å². The lowest BCUT2D eigenvalue weighted by molar-refractivity contribution is 0.0781. The van der Waals surface area contributed by atoms with E-state index in [9.17, 15) is 4.79 Å². The van der Waals surface area contributed by atoms with Crippen LogP contribution in [0.3, 0.4) is 0 Å². The molecule has 1 aliphatic carbocycles. The maximum absolute atomic E-state index is 12.4. The number of likely N-dealkylation sites (tertiary alicyclic amines) is 1. The minimum atomic E-state index is 0.0542. The second-order valence-corrected chi connectivity index (χ2v) is 5.83. The number of halogens is 1. The van der Waals surface area contributed by atoms with E-state index in [1.165, 1.54) is 19.3 Å². The van der Waals surface area contributed by atoms with Crippen LogP contribution in [0.1, 0.15) is 29.6 Å². The summed E-state index contributed by atoms with van der Waals surface area (Å²) in [6.07, 6.45) is 3.86. The van der Waals surface area contributed by atoms with Crippen molar-refractivity contribution in [2.75, 3.05) is 18.8 Å². The van der Waals surface area contributed by atoms with Gasteiger partial charge in [-0.25, -0.2) is 0 Å². The molecule has 1 saturated carbocycles. The van der Waals surface area contributed by atoms with Crippen molar-refractivity contribution in [3.8, 4) is 0 Å². The molecule has 96 valence electrons. The zero-order chi connectivity index (χ0) is 12.7. The number of carbonyl (C=O) groups excluding carboxylic acids is 1. The molecule has 1 aromatic rings. The molecule has 2 unspecified atom stereocenters. The molecule has 3 nitrogen and oxygen atoms in total. The zero-order valence-corrected chi connectivity index (χ0v) is 11.0. The quantitative estimate of drug-likeness (QED) is 0.793. The minimum Gasteiger partial charge on any atom is -0.398 e. The standard InChI is InChI=1S/C14H17ClN2O/c15-11-4-5-12(13(16)6-11)14(18)17-7-9-2-1-3-10(9)8-17/h4-6,9-10H,1-3,7-8,16H2. The van der Waals surface area contributed by atoms with Crippen molar-refractivity contribution >= 4 is 23.2 Å². The summed E-state index contributed by atoms with van der Waals surface area (Å²) in [5, 5.41) is 0.572. The Morgan fingerprint density at radius 1 is 1.28 bits per heavy atom. The number of hydrogen-bond donors (Lipinski definition) is 1. The van der Waals surface area contributed by atoms with E-state index in [1.54, 1.807) is 18.2 Å². The summed E-state index contributed by atoms with van der Waals surface area (Å²) in [7, 11) is 0. The Kier molecular flexibility index (Phi) is 2.94. The highest BCUT2D eigenvalue weighted by Gasteiger charge is 2.38. The molecule has 0 spiro atoms. The first-order valence-corrected chi connectivity index (χ1v) is 6.87. The van der Waals surface area contributed by atoms with Crippen molar-refractivity contribution in [2.45, 2.75) is 19.3 Å². The van der Waals surface area contributed by atoms with Gasteiger partial charge in [-0.3, -0.25) is 4.79 Å². The Bertz CT molecular complexity index is 477. The highest BCUT2D eigenvalue weighted by molar-refractivity contribution is 6.31. The molecular formula is C14H17ClN2O. The smallest absolute Gasteiger partial charge is 0.255 e. The van der Waals surface area contributed by atoms with Crippen molar-refractivity contribution in [1.82, 2.24) is 4.90 Å². The Balaban J connectivity index is 1.79. The van der Waals surface area contributed by atoms with E-state index >= 15 is 0 Å². The number of nitrogens with two attached hydrogens (primary N) is 1. The summed E-state index contributed by atoms with van der Waals surface area (Å²) in [6.45, 7) is 1.79. The van der Waals surface area contributed by atoms with Gasteiger partial charge in [0.25, 0.3) is 5.91 Å². The largest absolute Gasteiger partial charge is 0.398 e. The van der Waals surface area contributed by atoms with Crippen molar-refractivity contribution in [3.63, 3.8) is 0 Å². The lowest BCUT2D eigenvalue weighted by Gasteiger charge is -2.18. The summed E-state index contributed by atoms with van der Waals surface area (Å²) in [5.41, 5.74) is 6.93. The van der Waals surface area contributed by atoms with Crippen LogP contribution >= 0.6 is 11.6 Å². The molecule has 2 atom stereocenters. The van der Waals surface area contributed by atoms with E-state index in [4.69, 9.17) is 17.3 Å². The second kappa shape index (κ2) is 4.47. The molecule has 1 heterocycles. The van der Waals surface area contributed by atoms with Gasteiger partial charge in [0.15, 0.2) is 0 Å². The van der Waals surface area contributed by atoms with Crippen molar-refractivity contribution in [3.05, 3.63) is 28.8 Å². The molecule has 0 radical (unpaired) electrons. The van der Waals surface area contributed by atoms with Crippen LogP contribution in [0.15, 0.2) is 18.2 Å². The fraction of sp³-hybridized carbons (Fsp3) is 0.500. The van der Waals surface area contributed by atoms with E-state index in [-0.39, 0.29) is 5.91 Å². The molecule has 2 fully saturated rings. The Labute approximate surface area is 112 Å². The maximum Gasteiger partial charge on any atom is 0.255 e. The molecule has 2 N–H and O–H groups in total. The molecule has 0 aromatic heterocycles. The average Bonchev–Trinajstić information content (AvgIpc) is 2.87. The zero-order valence-electron chi connectivity index (χ0n) is 10.2. The molecule has 1 aliphatic heterocycles. The molecule has 1 saturated heterocycles. The Morgan fingerprint density at radius 2 is 1.94 bits per heavy atom. The van der Waals surface area contributed by atoms with Crippen molar-refractivity contribution in [1.29, 1.82) is 0 Å². The van der Waals surface area contributed by atoms with Gasteiger partial charge in [-0.05, 0) is 42.9 Å². The van der Waals surface area contributed by atoms with Crippen molar-refractivity contribution < 1.29 is 4.79 Å². The molecule has 1 amide bonds. The number of nitrogen functional groups attached to an aromatic ring is 1. The van der Waals surface area contributed by atoms with Crippen LogP contribution in [0, 0.1) is 11.8 Å². The van der Waals surface area contributed by atoms with Gasteiger partial charge in [0.1, 0.15) is 0 Å². The van der Waals surface area contributed by atoms with E-state index in [0.717, 1.165) is 13.1 Å². The number of carbonyl (C=O) groups is 1. The molecule has 18 heavy (non-hydrogen) atoms. The summed E-state index contributed by atoms with van der Waals surface area (Å²) in [4.78, 5) is 14.4. The predicted octanol–water partition coefficient (Wildman–Crippen LogP) is 2.79. The van der Waals surface area contributed by atoms with Crippen LogP contribution < -0.4 is 5.73 Å². The Morgan fingerprint density at radius 3 is 2.56 bits per heavy atom. The first kappa shape index (κ1) is 11.8. The van der Waals surface area contributed by atoms with Crippen LogP contribution in [0.4, 0.5) is 5.69 Å². The highest BCUT2D eigenvalue weighted by Crippen LogP contribution is 2.38. The SMILES string of the molecule is Nc1cc(Cl)ccc1C(=O)N1CC2CCCC2C1. The van der Waals surface area contributed by atoms with Gasteiger partial charge < -0.3 is 10.6 Å². The fourth-order valence-corrected chi connectivity index (χ4v) is 3.48. The summed E-state index contributed by atoms with van der Waals surface area (Å²) < 4.78 is 0. The van der Waals surface area contributed by atoms with E-state index < -0.39 is 0 Å². The van der Waals surface area contributed by atoms with E-state index in [2.05, 4.69) is 0 Å². The first-order valence-electron chi connectivity index (χ1n) is 6.49. The number of fused-ring (bicyclic) bond motifs is 1. The average molecular weight is 265 g/mol. The van der Waals surface area contributed by atoms with Gasteiger partial charge >= 0.3 is 0 Å². The van der Waals surface area contributed by atoms with Crippen LogP contribution in [-0.4, -0.2) is 23.9 Å². The third-order valence-electron chi connectivity index (χ3n) is 4.26. The number of amides is 1. The molecule has 3 rings (SSSR count). The van der Waals surface area contributed by atoms with Crippen LogP contribution in [0.2, 0.25) is 5.02 Å². The topological polar surface area (TPSA) is 46.3 Å². The normalized spacial score (nSPS) is 26.4. The fourth-order valence-electron chi connectivity index (χ4n) is 3.30. The maximum atomic E-state index is 12.4. The monoisotopic (exact) mass is 264 g/mol. The minimum absolute atomic E-state index is 0.0542. The van der Waals surface area contributed by atoms with Crippen LogP contribution in [0.25, 0.3) is 0 Å². The first-order chi connectivity index (χ1) is 8.65. The Hall–Kier alpha value is -1.22. The molecule has 0 bridgehead atoms. The van der Waals surface area contributed by atoms with Gasteiger partial charge in [0, 0.05) is 23.8 Å². The van der Waals surface area contributed by atoms with Gasteiger partial charge in [-0.2, -0.15) is 0 Å². The van der Waals surface area contributed by atoms with Crippen LogP contribution in [0.5, 0.6) is 0 Å². The van der Waals surface area contributed by atoms with Crippen LogP contribution in [-0.2, 0) is 0 Å². The molecule has 2 aliphatic rings. The van der Waals surface area contributed by atoms with Gasteiger partial charge in [0.2, 0.25) is 0 Å². The molecule has 1 aromatic carbocycles. The number of benzene rings is 1. The third-order valence-corrected chi connectivity index (χ3v) is 4.49. The number of nitrogens with zero attached hydrogens (tertiary/aromatic N) is 1. The van der Waals surface area contributed by atoms with Gasteiger partial charge in [-0.1, -0.05) is 18.0 Å². The summed E-state index contributed by atoms with van der Waals surface area (Å²) in [6, 6.07) is 5.10. The third kappa shape index (κ3) is 1.97. The van der Waals surface area contributed by atoms with E-state index in [1.807, 2.05) is 4.90 Å². The highest BCUT2D eigenvalue weighted by atomic mass is 35.5.